The molecule has 0 saturated heterocycles. The molecule has 0 amide bonds. The number of methoxy groups -OCH3 is 1. The zero-order valence-electron chi connectivity index (χ0n) is 8.28. The number of nitrogens with two attached hydrogens (primary N) is 1. The highest BCUT2D eigenvalue weighted by atomic mass is 16.5. The van der Waals surface area contributed by atoms with Crippen molar-refractivity contribution in [1.29, 1.82) is 0 Å². The van der Waals surface area contributed by atoms with Crippen LogP contribution in [0, 0.1) is 0 Å². The molecule has 3 heteroatoms. The molecule has 1 aromatic carbocycles. The standard InChI is InChI=1S/C11H13NO2/c1-8(13)3-4-9-7-10(12)5-6-11(9)14-2/h3-7H,12H2,1-2H3/b4-3+. The molecule has 0 heterocycles. The zero-order valence-corrected chi connectivity index (χ0v) is 8.28. The maximum Gasteiger partial charge on any atom is 0.152 e. The second kappa shape index (κ2) is 4.46. The van der Waals surface area contributed by atoms with Crippen molar-refractivity contribution in [3.63, 3.8) is 0 Å². The van der Waals surface area contributed by atoms with E-state index in [0.29, 0.717) is 11.4 Å². The molecule has 0 fully saturated rings. The number of rotatable bonds is 3. The summed E-state index contributed by atoms with van der Waals surface area (Å²) in [5.74, 6) is 0.700. The minimum Gasteiger partial charge on any atom is -0.496 e. The van der Waals surface area contributed by atoms with Crippen molar-refractivity contribution in [1.82, 2.24) is 0 Å². The minimum absolute atomic E-state index is 0.00511. The summed E-state index contributed by atoms with van der Waals surface area (Å²) in [5, 5.41) is 0. The molecule has 0 saturated carbocycles. The van der Waals surface area contributed by atoms with E-state index in [1.807, 2.05) is 0 Å². The van der Waals surface area contributed by atoms with Gasteiger partial charge in [-0.05, 0) is 37.3 Å². The summed E-state index contributed by atoms with van der Waals surface area (Å²) in [6.45, 7) is 1.50. The van der Waals surface area contributed by atoms with E-state index >= 15 is 0 Å². The number of anilines is 1. The highest BCUT2D eigenvalue weighted by Crippen LogP contribution is 2.22. The van der Waals surface area contributed by atoms with Gasteiger partial charge in [-0.2, -0.15) is 0 Å². The molecule has 2 N–H and O–H groups in total. The summed E-state index contributed by atoms with van der Waals surface area (Å²) in [6, 6.07) is 5.29. The Morgan fingerprint density at radius 3 is 2.79 bits per heavy atom. The number of hydrogen-bond donors (Lipinski definition) is 1. The normalized spacial score (nSPS) is 10.4. The Kier molecular flexibility index (Phi) is 3.29. The molecule has 1 rings (SSSR count). The Balaban J connectivity index is 3.04. The van der Waals surface area contributed by atoms with Crippen molar-refractivity contribution in [3.8, 4) is 5.75 Å². The van der Waals surface area contributed by atoms with Crippen molar-refractivity contribution in [2.45, 2.75) is 6.92 Å². The topological polar surface area (TPSA) is 52.3 Å². The Labute approximate surface area is 83.2 Å². The number of carbonyl (C=O) groups excluding carboxylic acids is 1. The molecule has 0 radical (unpaired) electrons. The average molecular weight is 191 g/mol. The van der Waals surface area contributed by atoms with Gasteiger partial charge >= 0.3 is 0 Å². The van der Waals surface area contributed by atoms with E-state index in [1.54, 1.807) is 31.4 Å². The van der Waals surface area contributed by atoms with Crippen LogP contribution in [0.4, 0.5) is 5.69 Å². The van der Waals surface area contributed by atoms with Crippen molar-refractivity contribution in [2.24, 2.45) is 0 Å². The Morgan fingerprint density at radius 1 is 1.50 bits per heavy atom. The lowest BCUT2D eigenvalue weighted by Gasteiger charge is -2.04. The summed E-state index contributed by atoms with van der Waals surface area (Å²) in [6.07, 6.45) is 3.18. The van der Waals surface area contributed by atoms with E-state index in [0.717, 1.165) is 5.56 Å². The largest absolute Gasteiger partial charge is 0.496 e. The fourth-order valence-corrected chi connectivity index (χ4v) is 1.09. The SMILES string of the molecule is COc1ccc(N)cc1/C=C/C(C)=O. The third-order valence-corrected chi connectivity index (χ3v) is 1.75. The molecule has 0 aromatic heterocycles. The van der Waals surface area contributed by atoms with Crippen molar-refractivity contribution >= 4 is 17.5 Å². The lowest BCUT2D eigenvalue weighted by Crippen LogP contribution is -1.91. The van der Waals surface area contributed by atoms with E-state index in [9.17, 15) is 4.79 Å². The second-order valence-corrected chi connectivity index (χ2v) is 2.95. The van der Waals surface area contributed by atoms with Crippen LogP contribution in [0.3, 0.4) is 0 Å². The summed E-state index contributed by atoms with van der Waals surface area (Å²) < 4.78 is 5.11. The first-order chi connectivity index (χ1) is 6.63. The molecule has 0 aliphatic heterocycles. The molecule has 0 unspecified atom stereocenters. The number of nitrogen functional groups attached to an aromatic ring is 1. The van der Waals surface area contributed by atoms with Crippen LogP contribution in [0.5, 0.6) is 5.75 Å². The molecule has 0 atom stereocenters. The molecule has 0 bridgehead atoms. The van der Waals surface area contributed by atoms with E-state index < -0.39 is 0 Å². The van der Waals surface area contributed by atoms with Crippen LogP contribution in [0.25, 0.3) is 6.08 Å². The molecule has 14 heavy (non-hydrogen) atoms. The van der Waals surface area contributed by atoms with Gasteiger partial charge in [0.15, 0.2) is 5.78 Å². The third kappa shape index (κ3) is 2.62. The van der Waals surface area contributed by atoms with Crippen LogP contribution in [0.15, 0.2) is 24.3 Å². The molecule has 0 aliphatic carbocycles. The van der Waals surface area contributed by atoms with E-state index in [2.05, 4.69) is 0 Å². The molecular formula is C11H13NO2. The molecule has 0 aliphatic rings. The number of ketones is 1. The fourth-order valence-electron chi connectivity index (χ4n) is 1.09. The highest BCUT2D eigenvalue weighted by Gasteiger charge is 1.99. The summed E-state index contributed by atoms with van der Waals surface area (Å²) in [5.41, 5.74) is 7.07. The lowest BCUT2D eigenvalue weighted by atomic mass is 10.1. The van der Waals surface area contributed by atoms with Gasteiger partial charge in [-0.3, -0.25) is 4.79 Å². The van der Waals surface area contributed by atoms with Gasteiger partial charge in [-0.1, -0.05) is 0 Å². The number of allylic oxidation sites excluding steroid dienone is 1. The molecule has 74 valence electrons. The van der Waals surface area contributed by atoms with Gasteiger partial charge < -0.3 is 10.5 Å². The van der Waals surface area contributed by atoms with E-state index in [-0.39, 0.29) is 5.78 Å². The molecule has 3 nitrogen and oxygen atoms in total. The maximum atomic E-state index is 10.7. The van der Waals surface area contributed by atoms with Crippen LogP contribution in [-0.4, -0.2) is 12.9 Å². The van der Waals surface area contributed by atoms with E-state index in [4.69, 9.17) is 10.5 Å². The number of hydrogen-bond acceptors (Lipinski definition) is 3. The van der Waals surface area contributed by atoms with Crippen molar-refractivity contribution < 1.29 is 9.53 Å². The Hall–Kier alpha value is -1.77. The first kappa shape index (κ1) is 10.3. The second-order valence-electron chi connectivity index (χ2n) is 2.95. The Morgan fingerprint density at radius 2 is 2.21 bits per heavy atom. The van der Waals surface area contributed by atoms with Crippen LogP contribution in [-0.2, 0) is 4.79 Å². The Bertz CT molecular complexity index is 370. The smallest absolute Gasteiger partial charge is 0.152 e. The van der Waals surface area contributed by atoms with Gasteiger partial charge in [-0.25, -0.2) is 0 Å². The highest BCUT2D eigenvalue weighted by molar-refractivity contribution is 5.92. The van der Waals surface area contributed by atoms with Crippen LogP contribution >= 0.6 is 0 Å². The van der Waals surface area contributed by atoms with Crippen LogP contribution in [0.2, 0.25) is 0 Å². The van der Waals surface area contributed by atoms with E-state index in [1.165, 1.54) is 13.0 Å². The van der Waals surface area contributed by atoms with Gasteiger partial charge in [0, 0.05) is 11.3 Å². The van der Waals surface area contributed by atoms with Crippen LogP contribution in [0.1, 0.15) is 12.5 Å². The number of benzene rings is 1. The number of ether oxygens (including phenoxy) is 1. The van der Waals surface area contributed by atoms with Gasteiger partial charge in [0.1, 0.15) is 5.75 Å². The van der Waals surface area contributed by atoms with Crippen molar-refractivity contribution in [2.75, 3.05) is 12.8 Å². The molecule has 0 spiro atoms. The molecule has 1 aromatic rings. The predicted molar refractivity (Wildman–Crippen MR) is 57.1 cm³/mol. The summed E-state index contributed by atoms with van der Waals surface area (Å²) in [4.78, 5) is 10.7. The van der Waals surface area contributed by atoms with Gasteiger partial charge in [0.25, 0.3) is 0 Å². The maximum absolute atomic E-state index is 10.7. The summed E-state index contributed by atoms with van der Waals surface area (Å²) in [7, 11) is 1.58. The fraction of sp³-hybridized carbons (Fsp3) is 0.182. The molecular weight excluding hydrogens is 178 g/mol. The first-order valence-electron chi connectivity index (χ1n) is 4.25. The van der Waals surface area contributed by atoms with Crippen molar-refractivity contribution in [3.05, 3.63) is 29.8 Å². The average Bonchev–Trinajstić information content (AvgIpc) is 2.15. The predicted octanol–water partition coefficient (Wildman–Crippen LogP) is 1.88. The quantitative estimate of drug-likeness (QED) is 0.586. The van der Waals surface area contributed by atoms with Gasteiger partial charge in [0.2, 0.25) is 0 Å². The monoisotopic (exact) mass is 191 g/mol. The zero-order chi connectivity index (χ0) is 10.6. The van der Waals surface area contributed by atoms with Gasteiger partial charge in [-0.15, -0.1) is 0 Å². The summed E-state index contributed by atoms with van der Waals surface area (Å²) >= 11 is 0. The lowest BCUT2D eigenvalue weighted by molar-refractivity contribution is -0.112. The minimum atomic E-state index is -0.00511. The number of carbonyl (C=O) groups is 1. The third-order valence-electron chi connectivity index (χ3n) is 1.75. The van der Waals surface area contributed by atoms with Gasteiger partial charge in [0.05, 0.1) is 7.11 Å². The first-order valence-corrected chi connectivity index (χ1v) is 4.25. The van der Waals surface area contributed by atoms with Crippen LogP contribution < -0.4 is 10.5 Å².